The highest BCUT2D eigenvalue weighted by Crippen LogP contribution is 2.26. The minimum absolute atomic E-state index is 0.0134. The van der Waals surface area contributed by atoms with Crippen LogP contribution in [0.2, 0.25) is 5.02 Å². The molecule has 0 aliphatic rings. The van der Waals surface area contributed by atoms with Crippen LogP contribution in [-0.2, 0) is 21.4 Å². The number of carbonyl (C=O) groups excluding carboxylic acids is 1. The molecule has 0 aliphatic carbocycles. The predicted octanol–water partition coefficient (Wildman–Crippen LogP) is 5.33. The minimum atomic E-state index is -3.98. The van der Waals surface area contributed by atoms with E-state index in [1.165, 1.54) is 10.5 Å². The highest BCUT2D eigenvalue weighted by molar-refractivity contribution is 7.98. The average Bonchev–Trinajstić information content (AvgIpc) is 2.79. The summed E-state index contributed by atoms with van der Waals surface area (Å²) in [6.45, 7) is 5.07. The molecular weight excluding hydrogens is 502 g/mol. The molecule has 0 fully saturated rings. The third kappa shape index (κ3) is 7.18. The molecule has 35 heavy (non-hydrogen) atoms. The Morgan fingerprint density at radius 2 is 1.63 bits per heavy atom. The zero-order chi connectivity index (χ0) is 25.6. The van der Waals surface area contributed by atoms with Crippen molar-refractivity contribution >= 4 is 45.5 Å². The summed E-state index contributed by atoms with van der Waals surface area (Å²) < 4.78 is 28.6. The van der Waals surface area contributed by atoms with Gasteiger partial charge >= 0.3 is 0 Å². The first-order valence-corrected chi connectivity index (χ1v) is 13.9. The minimum Gasteiger partial charge on any atom is -0.272 e. The molecule has 3 aromatic rings. The van der Waals surface area contributed by atoms with Crippen LogP contribution in [0.5, 0.6) is 0 Å². The molecule has 184 valence electrons. The van der Waals surface area contributed by atoms with Gasteiger partial charge in [0.25, 0.3) is 5.91 Å². The molecule has 0 saturated carbocycles. The van der Waals surface area contributed by atoms with Gasteiger partial charge in [-0.25, -0.2) is 13.8 Å². The summed E-state index contributed by atoms with van der Waals surface area (Å²) >= 11 is 7.62. The Balaban J connectivity index is 1.84. The number of amides is 1. The molecule has 0 atom stereocenters. The van der Waals surface area contributed by atoms with Gasteiger partial charge in [-0.15, -0.1) is 11.8 Å². The van der Waals surface area contributed by atoms with Crippen LogP contribution < -0.4 is 5.43 Å². The van der Waals surface area contributed by atoms with Gasteiger partial charge in [0.15, 0.2) is 0 Å². The topological polar surface area (TPSA) is 78.8 Å². The van der Waals surface area contributed by atoms with Gasteiger partial charge in [-0.1, -0.05) is 53.6 Å². The number of aryl methyl sites for hydroxylation is 3. The zero-order valence-electron chi connectivity index (χ0n) is 20.1. The maximum absolute atomic E-state index is 13.7. The van der Waals surface area contributed by atoms with Crippen LogP contribution >= 0.6 is 23.4 Å². The van der Waals surface area contributed by atoms with Crippen LogP contribution in [-0.4, -0.2) is 37.6 Å². The van der Waals surface area contributed by atoms with Crippen molar-refractivity contribution in [3.63, 3.8) is 0 Å². The Bertz CT molecular complexity index is 1300. The van der Waals surface area contributed by atoms with E-state index >= 15 is 0 Å². The van der Waals surface area contributed by atoms with Gasteiger partial charge in [-0.3, -0.25) is 4.79 Å². The number of sulfonamides is 1. The molecule has 9 heteroatoms. The smallest absolute Gasteiger partial charge is 0.255 e. The van der Waals surface area contributed by atoms with Crippen LogP contribution in [0.1, 0.15) is 27.8 Å². The Morgan fingerprint density at radius 3 is 2.20 bits per heavy atom. The third-order valence-electron chi connectivity index (χ3n) is 5.31. The third-order valence-corrected chi connectivity index (χ3v) is 8.41. The van der Waals surface area contributed by atoms with Crippen molar-refractivity contribution in [2.24, 2.45) is 5.10 Å². The molecule has 0 saturated heterocycles. The van der Waals surface area contributed by atoms with E-state index in [4.69, 9.17) is 11.6 Å². The van der Waals surface area contributed by atoms with E-state index in [2.05, 4.69) is 10.5 Å². The number of nitrogens with zero attached hydrogens (tertiary/aromatic N) is 2. The molecule has 3 aromatic carbocycles. The number of benzene rings is 3. The van der Waals surface area contributed by atoms with Crippen molar-refractivity contribution in [1.29, 1.82) is 0 Å². The summed E-state index contributed by atoms with van der Waals surface area (Å²) in [6, 6.07) is 18.2. The van der Waals surface area contributed by atoms with Crippen molar-refractivity contribution in [1.82, 2.24) is 9.73 Å². The zero-order valence-corrected chi connectivity index (χ0v) is 22.5. The summed E-state index contributed by atoms with van der Waals surface area (Å²) in [5.74, 6) is -0.540. The van der Waals surface area contributed by atoms with Crippen LogP contribution in [0.15, 0.2) is 75.6 Å². The normalized spacial score (nSPS) is 11.8. The van der Waals surface area contributed by atoms with Gasteiger partial charge in [0.2, 0.25) is 10.0 Å². The van der Waals surface area contributed by atoms with Gasteiger partial charge in [-0.05, 0) is 73.5 Å². The first-order valence-electron chi connectivity index (χ1n) is 10.9. The number of hydrogen-bond donors (Lipinski definition) is 1. The lowest BCUT2D eigenvalue weighted by molar-refractivity contribution is -0.121. The van der Waals surface area contributed by atoms with E-state index in [9.17, 15) is 13.2 Å². The van der Waals surface area contributed by atoms with Gasteiger partial charge < -0.3 is 0 Å². The second kappa shape index (κ2) is 11.9. The van der Waals surface area contributed by atoms with E-state index in [1.54, 1.807) is 49.9 Å². The lowest BCUT2D eigenvalue weighted by Gasteiger charge is -2.24. The van der Waals surface area contributed by atoms with E-state index in [0.717, 1.165) is 16.0 Å². The van der Waals surface area contributed by atoms with Crippen molar-refractivity contribution < 1.29 is 13.2 Å². The molecular formula is C26H28ClN3O3S2. The second-order valence-electron chi connectivity index (χ2n) is 8.19. The summed E-state index contributed by atoms with van der Waals surface area (Å²) in [5, 5.41) is 4.55. The molecule has 0 unspecified atom stereocenters. The Hall–Kier alpha value is -2.65. The number of hydrazone groups is 1. The molecule has 0 heterocycles. The lowest BCUT2D eigenvalue weighted by atomic mass is 10.1. The Kier molecular flexibility index (Phi) is 9.13. The van der Waals surface area contributed by atoms with Crippen LogP contribution in [0, 0.1) is 20.8 Å². The highest BCUT2D eigenvalue weighted by Gasteiger charge is 2.30. The number of carbonyl (C=O) groups is 1. The number of rotatable bonds is 9. The van der Waals surface area contributed by atoms with Crippen molar-refractivity contribution in [3.8, 4) is 0 Å². The molecule has 0 radical (unpaired) electrons. The molecule has 3 rings (SSSR count). The van der Waals surface area contributed by atoms with Crippen molar-refractivity contribution in [2.75, 3.05) is 12.8 Å². The molecule has 0 aromatic heterocycles. The van der Waals surface area contributed by atoms with Crippen LogP contribution in [0.4, 0.5) is 0 Å². The SMILES string of the molecule is CSc1ccc(/C=N/NC(=O)CN(Cc2ccc(Cl)cc2)S(=O)(=O)c2c(C)cc(C)cc2C)cc1. The monoisotopic (exact) mass is 529 g/mol. The van der Waals surface area contributed by atoms with Gasteiger partial charge in [-0.2, -0.15) is 9.41 Å². The summed E-state index contributed by atoms with van der Waals surface area (Å²) in [5.41, 5.74) is 6.22. The molecule has 0 aliphatic heterocycles. The van der Waals surface area contributed by atoms with Crippen molar-refractivity contribution in [3.05, 3.63) is 93.5 Å². The molecule has 0 spiro atoms. The van der Waals surface area contributed by atoms with Gasteiger partial charge in [0.1, 0.15) is 0 Å². The van der Waals surface area contributed by atoms with Crippen LogP contribution in [0.25, 0.3) is 0 Å². The van der Waals surface area contributed by atoms with E-state index < -0.39 is 15.9 Å². The maximum Gasteiger partial charge on any atom is 0.255 e. The van der Waals surface area contributed by atoms with E-state index in [1.807, 2.05) is 49.6 Å². The average molecular weight is 530 g/mol. The van der Waals surface area contributed by atoms with Gasteiger partial charge in [0, 0.05) is 16.5 Å². The molecule has 1 N–H and O–H groups in total. The number of nitrogens with one attached hydrogen (secondary N) is 1. The molecule has 0 bridgehead atoms. The lowest BCUT2D eigenvalue weighted by Crippen LogP contribution is -2.39. The summed E-state index contributed by atoms with van der Waals surface area (Å²) in [6.07, 6.45) is 3.51. The van der Waals surface area contributed by atoms with Crippen molar-refractivity contribution in [2.45, 2.75) is 37.1 Å². The largest absolute Gasteiger partial charge is 0.272 e. The summed E-state index contributed by atoms with van der Waals surface area (Å²) in [7, 11) is -3.98. The van der Waals surface area contributed by atoms with Gasteiger partial charge in [0.05, 0.1) is 17.7 Å². The Labute approximate surface area is 216 Å². The van der Waals surface area contributed by atoms with E-state index in [-0.39, 0.29) is 18.0 Å². The fourth-order valence-electron chi connectivity index (χ4n) is 3.79. The summed E-state index contributed by atoms with van der Waals surface area (Å²) in [4.78, 5) is 14.1. The highest BCUT2D eigenvalue weighted by atomic mass is 35.5. The predicted molar refractivity (Wildman–Crippen MR) is 144 cm³/mol. The number of hydrogen-bond acceptors (Lipinski definition) is 5. The fraction of sp³-hybridized carbons (Fsp3) is 0.231. The number of halogens is 1. The molecule has 1 amide bonds. The van der Waals surface area contributed by atoms with Crippen LogP contribution in [0.3, 0.4) is 0 Å². The van der Waals surface area contributed by atoms with E-state index in [0.29, 0.717) is 21.7 Å². The second-order valence-corrected chi connectivity index (χ2v) is 11.4. The standard InChI is InChI=1S/C26H28ClN3O3S2/c1-18-13-19(2)26(20(3)14-18)35(32,33)30(16-22-5-9-23(27)10-6-22)17-25(31)29-28-15-21-7-11-24(34-4)12-8-21/h5-15H,16-17H2,1-4H3,(H,29,31)/b28-15+. The quantitative estimate of drug-likeness (QED) is 0.231. The number of thioether (sulfide) groups is 1. The fourth-order valence-corrected chi connectivity index (χ4v) is 6.12. The Morgan fingerprint density at radius 1 is 1.03 bits per heavy atom. The first kappa shape index (κ1) is 26.9. The molecule has 6 nitrogen and oxygen atoms in total. The maximum atomic E-state index is 13.7. The first-order chi connectivity index (χ1) is 16.6.